The van der Waals surface area contributed by atoms with E-state index in [1.807, 2.05) is 13.8 Å². The SMILES string of the molecule is Cc1c(Br)c(=O)oc2c(C)c3c(cc12)C(C[N+](C)(C)C)CO3. The van der Waals surface area contributed by atoms with E-state index >= 15 is 0 Å². The van der Waals surface area contributed by atoms with Crippen LogP contribution in [0.3, 0.4) is 0 Å². The number of rotatable bonds is 2. The molecule has 0 aliphatic carbocycles. The standard InChI is InChI=1S/C17H21BrNO3/c1-9-12-6-13-11(7-19(3,4)5)8-21-15(13)10(2)16(12)22-17(20)14(9)18/h6,11H,7-8H2,1-5H3/q+1. The summed E-state index contributed by atoms with van der Waals surface area (Å²) in [6.45, 7) is 5.60. The maximum absolute atomic E-state index is 11.9. The topological polar surface area (TPSA) is 39.4 Å². The molecule has 22 heavy (non-hydrogen) atoms. The molecule has 0 saturated heterocycles. The Labute approximate surface area is 138 Å². The Balaban J connectivity index is 2.24. The maximum Gasteiger partial charge on any atom is 0.350 e. The molecule has 1 unspecified atom stereocenters. The summed E-state index contributed by atoms with van der Waals surface area (Å²) in [5, 5.41) is 0.986. The van der Waals surface area contributed by atoms with Gasteiger partial charge in [-0.2, -0.15) is 0 Å². The van der Waals surface area contributed by atoms with Gasteiger partial charge < -0.3 is 13.6 Å². The van der Waals surface area contributed by atoms with Gasteiger partial charge in [-0.25, -0.2) is 4.79 Å². The number of hydrogen-bond donors (Lipinski definition) is 0. The summed E-state index contributed by atoms with van der Waals surface area (Å²) in [7, 11) is 6.56. The van der Waals surface area contributed by atoms with Crippen molar-refractivity contribution in [2.45, 2.75) is 19.8 Å². The van der Waals surface area contributed by atoms with Gasteiger partial charge in [-0.1, -0.05) is 0 Å². The van der Waals surface area contributed by atoms with Gasteiger partial charge in [0.05, 0.1) is 33.6 Å². The molecule has 0 fully saturated rings. The zero-order valence-electron chi connectivity index (χ0n) is 13.6. The van der Waals surface area contributed by atoms with E-state index in [9.17, 15) is 4.79 Å². The third-order valence-corrected chi connectivity index (χ3v) is 5.15. The van der Waals surface area contributed by atoms with Gasteiger partial charge in [0.25, 0.3) is 0 Å². The lowest BCUT2D eigenvalue weighted by molar-refractivity contribution is -0.871. The Morgan fingerprint density at radius 2 is 1.95 bits per heavy atom. The molecule has 2 heterocycles. The van der Waals surface area contributed by atoms with Crippen molar-refractivity contribution >= 4 is 26.9 Å². The largest absolute Gasteiger partial charge is 0.492 e. The Hall–Kier alpha value is -1.33. The summed E-state index contributed by atoms with van der Waals surface area (Å²) in [6, 6.07) is 2.13. The highest BCUT2D eigenvalue weighted by Crippen LogP contribution is 2.42. The van der Waals surface area contributed by atoms with Gasteiger partial charge in [0, 0.05) is 16.5 Å². The van der Waals surface area contributed by atoms with Crippen LogP contribution in [0.1, 0.15) is 22.6 Å². The number of halogens is 1. The van der Waals surface area contributed by atoms with Crippen molar-refractivity contribution in [2.75, 3.05) is 34.3 Å². The molecule has 5 heteroatoms. The first kappa shape index (κ1) is 15.6. The van der Waals surface area contributed by atoms with E-state index in [1.165, 1.54) is 5.56 Å². The van der Waals surface area contributed by atoms with Gasteiger partial charge in [-0.3, -0.25) is 0 Å². The summed E-state index contributed by atoms with van der Waals surface area (Å²) < 4.78 is 12.8. The summed E-state index contributed by atoms with van der Waals surface area (Å²) in [6.07, 6.45) is 0. The Morgan fingerprint density at radius 3 is 2.59 bits per heavy atom. The predicted octanol–water partition coefficient (Wildman–Crippen LogP) is 3.35. The Bertz CT molecular complexity index is 817. The van der Waals surface area contributed by atoms with Gasteiger partial charge in [-0.05, 0) is 41.4 Å². The van der Waals surface area contributed by atoms with Crippen molar-refractivity contribution in [2.24, 2.45) is 0 Å². The molecule has 4 nitrogen and oxygen atoms in total. The number of quaternary nitrogens is 1. The smallest absolute Gasteiger partial charge is 0.350 e. The minimum Gasteiger partial charge on any atom is -0.492 e. The Kier molecular flexibility index (Phi) is 3.61. The summed E-state index contributed by atoms with van der Waals surface area (Å²) in [5.41, 5.74) is 3.36. The van der Waals surface area contributed by atoms with E-state index in [-0.39, 0.29) is 5.63 Å². The molecular formula is C17H21BrNO3+. The first-order chi connectivity index (χ1) is 10.2. The predicted molar refractivity (Wildman–Crippen MR) is 90.8 cm³/mol. The van der Waals surface area contributed by atoms with Gasteiger partial charge >= 0.3 is 5.63 Å². The van der Waals surface area contributed by atoms with Crippen molar-refractivity contribution in [1.29, 1.82) is 0 Å². The third-order valence-electron chi connectivity index (χ3n) is 4.23. The van der Waals surface area contributed by atoms with E-state index in [2.05, 4.69) is 43.1 Å². The van der Waals surface area contributed by atoms with Crippen molar-refractivity contribution in [3.8, 4) is 5.75 Å². The van der Waals surface area contributed by atoms with Gasteiger partial charge in [0.2, 0.25) is 0 Å². The van der Waals surface area contributed by atoms with Crippen LogP contribution in [0.4, 0.5) is 0 Å². The molecular weight excluding hydrogens is 346 g/mol. The van der Waals surface area contributed by atoms with Crippen LogP contribution >= 0.6 is 15.9 Å². The first-order valence-electron chi connectivity index (χ1n) is 7.38. The number of hydrogen-bond acceptors (Lipinski definition) is 3. The van der Waals surface area contributed by atoms with Crippen molar-refractivity contribution in [3.63, 3.8) is 0 Å². The van der Waals surface area contributed by atoms with Crippen molar-refractivity contribution in [1.82, 2.24) is 0 Å². The van der Waals surface area contributed by atoms with Crippen LogP contribution in [0, 0.1) is 13.8 Å². The van der Waals surface area contributed by atoms with E-state index in [0.717, 1.165) is 33.3 Å². The molecule has 0 amide bonds. The molecule has 1 aliphatic heterocycles. The van der Waals surface area contributed by atoms with Crippen LogP contribution in [0.2, 0.25) is 0 Å². The number of benzene rings is 1. The second kappa shape index (κ2) is 5.10. The second-order valence-electron chi connectivity index (χ2n) is 7.11. The number of likely N-dealkylation sites (N-methyl/N-ethyl adjacent to an activating group) is 1. The van der Waals surface area contributed by atoms with Crippen molar-refractivity contribution in [3.05, 3.63) is 37.6 Å². The molecule has 0 N–H and O–H groups in total. The highest BCUT2D eigenvalue weighted by atomic mass is 79.9. The summed E-state index contributed by atoms with van der Waals surface area (Å²) in [5.74, 6) is 1.25. The summed E-state index contributed by atoms with van der Waals surface area (Å²) >= 11 is 3.33. The quantitative estimate of drug-likeness (QED) is 0.604. The number of aryl methyl sites for hydroxylation is 2. The number of ether oxygens (including phenoxy) is 1. The fourth-order valence-electron chi connectivity index (χ4n) is 3.21. The number of fused-ring (bicyclic) bond motifs is 2. The Morgan fingerprint density at radius 1 is 1.27 bits per heavy atom. The molecule has 3 rings (SSSR count). The average molecular weight is 367 g/mol. The van der Waals surface area contributed by atoms with Crippen LogP contribution in [-0.4, -0.2) is 38.8 Å². The van der Waals surface area contributed by atoms with Gasteiger partial charge in [-0.15, -0.1) is 0 Å². The lowest BCUT2D eigenvalue weighted by atomic mass is 9.95. The zero-order chi connectivity index (χ0) is 16.2. The first-order valence-corrected chi connectivity index (χ1v) is 8.18. The minimum atomic E-state index is -0.339. The van der Waals surface area contributed by atoms with Gasteiger partial charge in [0.15, 0.2) is 0 Å². The van der Waals surface area contributed by atoms with Crippen LogP contribution in [0.25, 0.3) is 11.0 Å². The van der Waals surface area contributed by atoms with Crippen LogP contribution in [0.15, 0.2) is 19.8 Å². The van der Waals surface area contributed by atoms with E-state index in [0.29, 0.717) is 22.6 Å². The third kappa shape index (κ3) is 2.46. The van der Waals surface area contributed by atoms with Crippen LogP contribution in [-0.2, 0) is 0 Å². The van der Waals surface area contributed by atoms with Gasteiger partial charge in [0.1, 0.15) is 22.4 Å². The van der Waals surface area contributed by atoms with E-state index < -0.39 is 0 Å². The molecule has 0 saturated carbocycles. The lowest BCUT2D eigenvalue weighted by Crippen LogP contribution is -2.38. The molecule has 2 aromatic rings. The fourth-order valence-corrected chi connectivity index (χ4v) is 3.50. The zero-order valence-corrected chi connectivity index (χ0v) is 15.2. The lowest BCUT2D eigenvalue weighted by Gasteiger charge is -2.26. The molecule has 1 aromatic heterocycles. The highest BCUT2D eigenvalue weighted by Gasteiger charge is 2.32. The van der Waals surface area contributed by atoms with E-state index in [4.69, 9.17) is 9.15 Å². The number of nitrogens with zero attached hydrogens (tertiary/aromatic N) is 1. The van der Waals surface area contributed by atoms with E-state index in [1.54, 1.807) is 0 Å². The monoisotopic (exact) mass is 366 g/mol. The molecule has 0 spiro atoms. The average Bonchev–Trinajstić information content (AvgIpc) is 2.79. The second-order valence-corrected chi connectivity index (χ2v) is 7.90. The molecule has 1 atom stereocenters. The van der Waals surface area contributed by atoms with Crippen LogP contribution < -0.4 is 10.4 Å². The molecule has 118 valence electrons. The molecule has 1 aromatic carbocycles. The van der Waals surface area contributed by atoms with Crippen LogP contribution in [0.5, 0.6) is 5.75 Å². The molecule has 0 bridgehead atoms. The fraction of sp³-hybridized carbons (Fsp3) is 0.471. The maximum atomic E-state index is 11.9. The minimum absolute atomic E-state index is 0.339. The molecule has 1 aliphatic rings. The normalized spacial score (nSPS) is 17.6. The van der Waals surface area contributed by atoms with Crippen molar-refractivity contribution < 1.29 is 13.6 Å². The highest BCUT2D eigenvalue weighted by molar-refractivity contribution is 9.10. The molecule has 0 radical (unpaired) electrons. The summed E-state index contributed by atoms with van der Waals surface area (Å²) in [4.78, 5) is 11.9.